The first-order chi connectivity index (χ1) is 9.11. The number of rotatable bonds is 3. The highest BCUT2D eigenvalue weighted by Crippen LogP contribution is 2.19. The normalized spacial score (nSPS) is 10.1. The number of halogens is 1. The van der Waals surface area contributed by atoms with E-state index in [4.69, 9.17) is 5.84 Å². The van der Waals surface area contributed by atoms with Gasteiger partial charge in [0.1, 0.15) is 11.5 Å². The lowest BCUT2D eigenvalue weighted by Crippen LogP contribution is -2.16. The standard InChI is InChI=1S/C13H13FN4O/c1-8-3-2-4-10(14)12(8)17-13(19)11-7-9(18-15)5-6-16-11/h2-7H,15H2,1H3,(H,16,18)(H,17,19). The zero-order valence-corrected chi connectivity index (χ0v) is 10.3. The summed E-state index contributed by atoms with van der Waals surface area (Å²) in [5.74, 6) is 4.27. The molecule has 0 spiro atoms. The number of nitrogens with zero attached hydrogens (tertiary/aromatic N) is 1. The fraction of sp³-hybridized carbons (Fsp3) is 0.0769. The largest absolute Gasteiger partial charge is 0.324 e. The first kappa shape index (κ1) is 13.0. The van der Waals surface area contributed by atoms with E-state index in [0.29, 0.717) is 11.3 Å². The third-order valence-electron chi connectivity index (χ3n) is 2.62. The van der Waals surface area contributed by atoms with Gasteiger partial charge in [-0.1, -0.05) is 12.1 Å². The molecule has 1 aromatic heterocycles. The lowest BCUT2D eigenvalue weighted by Gasteiger charge is -2.09. The first-order valence-corrected chi connectivity index (χ1v) is 5.61. The van der Waals surface area contributed by atoms with Crippen LogP contribution in [0.4, 0.5) is 15.8 Å². The maximum Gasteiger partial charge on any atom is 0.274 e. The lowest BCUT2D eigenvalue weighted by atomic mass is 10.2. The minimum Gasteiger partial charge on any atom is -0.324 e. The molecule has 2 rings (SSSR count). The van der Waals surface area contributed by atoms with E-state index < -0.39 is 11.7 Å². The zero-order valence-electron chi connectivity index (χ0n) is 10.3. The number of hydrogen-bond acceptors (Lipinski definition) is 4. The number of aromatic nitrogens is 1. The first-order valence-electron chi connectivity index (χ1n) is 5.61. The number of hydrogen-bond donors (Lipinski definition) is 3. The van der Waals surface area contributed by atoms with Gasteiger partial charge in [-0.05, 0) is 30.7 Å². The van der Waals surface area contributed by atoms with E-state index in [2.05, 4.69) is 15.7 Å². The summed E-state index contributed by atoms with van der Waals surface area (Å²) in [5.41, 5.74) is 3.91. The highest BCUT2D eigenvalue weighted by molar-refractivity contribution is 6.03. The molecule has 0 aliphatic heterocycles. The van der Waals surface area contributed by atoms with E-state index in [-0.39, 0.29) is 11.4 Å². The van der Waals surface area contributed by atoms with Crippen molar-refractivity contribution < 1.29 is 9.18 Å². The molecule has 1 heterocycles. The summed E-state index contributed by atoms with van der Waals surface area (Å²) >= 11 is 0. The van der Waals surface area contributed by atoms with Crippen LogP contribution < -0.4 is 16.6 Å². The molecule has 0 saturated carbocycles. The Labute approximate surface area is 109 Å². The van der Waals surface area contributed by atoms with Crippen molar-refractivity contribution in [3.8, 4) is 0 Å². The second-order valence-electron chi connectivity index (χ2n) is 3.96. The van der Waals surface area contributed by atoms with Crippen LogP contribution in [0.3, 0.4) is 0 Å². The summed E-state index contributed by atoms with van der Waals surface area (Å²) in [7, 11) is 0. The number of carbonyl (C=O) groups excluding carboxylic acids is 1. The van der Waals surface area contributed by atoms with Crippen molar-refractivity contribution in [3.05, 3.63) is 53.6 Å². The third kappa shape index (κ3) is 2.86. The minimum absolute atomic E-state index is 0.151. The van der Waals surface area contributed by atoms with Crippen molar-refractivity contribution in [1.82, 2.24) is 4.98 Å². The summed E-state index contributed by atoms with van der Waals surface area (Å²) in [5, 5.41) is 2.50. The highest BCUT2D eigenvalue weighted by Gasteiger charge is 2.12. The van der Waals surface area contributed by atoms with Crippen molar-refractivity contribution in [2.75, 3.05) is 10.7 Å². The van der Waals surface area contributed by atoms with Crippen LogP contribution in [-0.2, 0) is 0 Å². The Bertz CT molecular complexity index is 595. The van der Waals surface area contributed by atoms with Gasteiger partial charge in [-0.2, -0.15) is 0 Å². The van der Waals surface area contributed by atoms with Crippen LogP contribution in [-0.4, -0.2) is 10.9 Å². The number of nitrogen functional groups attached to an aromatic ring is 1. The number of para-hydroxylation sites is 1. The van der Waals surface area contributed by atoms with Crippen molar-refractivity contribution in [2.24, 2.45) is 5.84 Å². The fourth-order valence-electron chi connectivity index (χ4n) is 1.61. The predicted molar refractivity (Wildman–Crippen MR) is 71.1 cm³/mol. The monoisotopic (exact) mass is 260 g/mol. The van der Waals surface area contributed by atoms with E-state index in [1.54, 1.807) is 25.1 Å². The number of aryl methyl sites for hydroxylation is 1. The number of benzene rings is 1. The smallest absolute Gasteiger partial charge is 0.274 e. The molecule has 0 aliphatic carbocycles. The minimum atomic E-state index is -0.495. The van der Waals surface area contributed by atoms with Gasteiger partial charge in [0.25, 0.3) is 5.91 Å². The summed E-state index contributed by atoms with van der Waals surface area (Å²) in [4.78, 5) is 15.9. The average Bonchev–Trinajstić information content (AvgIpc) is 2.43. The summed E-state index contributed by atoms with van der Waals surface area (Å²) in [6.07, 6.45) is 1.44. The second-order valence-corrected chi connectivity index (χ2v) is 3.96. The van der Waals surface area contributed by atoms with E-state index >= 15 is 0 Å². The Morgan fingerprint density at radius 2 is 2.16 bits per heavy atom. The molecule has 0 unspecified atom stereocenters. The molecule has 1 amide bonds. The molecule has 5 nitrogen and oxygen atoms in total. The van der Waals surface area contributed by atoms with Gasteiger partial charge >= 0.3 is 0 Å². The van der Waals surface area contributed by atoms with Crippen LogP contribution in [0.15, 0.2) is 36.5 Å². The Hall–Kier alpha value is -2.47. The van der Waals surface area contributed by atoms with Crippen molar-refractivity contribution >= 4 is 17.3 Å². The van der Waals surface area contributed by atoms with Crippen LogP contribution in [0.2, 0.25) is 0 Å². The second kappa shape index (κ2) is 5.45. The molecule has 4 N–H and O–H groups in total. The molecular formula is C13H13FN4O. The van der Waals surface area contributed by atoms with E-state index in [1.807, 2.05) is 0 Å². The maximum atomic E-state index is 13.6. The van der Waals surface area contributed by atoms with Gasteiger partial charge in [-0.15, -0.1) is 0 Å². The quantitative estimate of drug-likeness (QED) is 0.583. The number of hydrazine groups is 1. The zero-order chi connectivity index (χ0) is 13.8. The molecule has 0 radical (unpaired) electrons. The van der Waals surface area contributed by atoms with E-state index in [1.165, 1.54) is 18.3 Å². The topological polar surface area (TPSA) is 80.0 Å². The lowest BCUT2D eigenvalue weighted by molar-refractivity contribution is 0.102. The molecule has 0 aliphatic rings. The van der Waals surface area contributed by atoms with Gasteiger partial charge in [-0.3, -0.25) is 15.6 Å². The summed E-state index contributed by atoms with van der Waals surface area (Å²) in [6, 6.07) is 7.67. The van der Waals surface area contributed by atoms with E-state index in [0.717, 1.165) is 0 Å². The van der Waals surface area contributed by atoms with Crippen LogP contribution in [0.25, 0.3) is 0 Å². The Morgan fingerprint density at radius 3 is 2.84 bits per heavy atom. The Morgan fingerprint density at radius 1 is 1.37 bits per heavy atom. The van der Waals surface area contributed by atoms with Crippen molar-refractivity contribution in [1.29, 1.82) is 0 Å². The van der Waals surface area contributed by atoms with Crippen LogP contribution in [0.5, 0.6) is 0 Å². The van der Waals surface area contributed by atoms with Crippen LogP contribution >= 0.6 is 0 Å². The Kier molecular flexibility index (Phi) is 3.72. The highest BCUT2D eigenvalue weighted by atomic mass is 19.1. The molecule has 0 saturated heterocycles. The molecular weight excluding hydrogens is 247 g/mol. The number of pyridine rings is 1. The maximum absolute atomic E-state index is 13.6. The van der Waals surface area contributed by atoms with Gasteiger partial charge in [-0.25, -0.2) is 4.39 Å². The fourth-order valence-corrected chi connectivity index (χ4v) is 1.61. The molecule has 2 aromatic rings. The number of nitrogens with one attached hydrogen (secondary N) is 2. The molecule has 98 valence electrons. The number of nitrogens with two attached hydrogens (primary N) is 1. The van der Waals surface area contributed by atoms with Crippen LogP contribution in [0.1, 0.15) is 16.1 Å². The molecule has 1 aromatic carbocycles. The van der Waals surface area contributed by atoms with E-state index in [9.17, 15) is 9.18 Å². The van der Waals surface area contributed by atoms with Gasteiger partial charge in [0.05, 0.1) is 11.4 Å². The van der Waals surface area contributed by atoms with Gasteiger partial charge in [0, 0.05) is 6.20 Å². The van der Waals surface area contributed by atoms with Gasteiger partial charge < -0.3 is 10.7 Å². The summed E-state index contributed by atoms with van der Waals surface area (Å²) < 4.78 is 13.6. The number of anilines is 2. The Balaban J connectivity index is 2.25. The van der Waals surface area contributed by atoms with Crippen LogP contribution in [0, 0.1) is 12.7 Å². The van der Waals surface area contributed by atoms with Gasteiger partial charge in [0.2, 0.25) is 0 Å². The predicted octanol–water partition coefficient (Wildman–Crippen LogP) is 2.07. The van der Waals surface area contributed by atoms with Crippen molar-refractivity contribution in [2.45, 2.75) is 6.92 Å². The number of amides is 1. The summed E-state index contributed by atoms with van der Waals surface area (Å²) in [6.45, 7) is 1.71. The van der Waals surface area contributed by atoms with Gasteiger partial charge in [0.15, 0.2) is 0 Å². The van der Waals surface area contributed by atoms with Crippen molar-refractivity contribution in [3.63, 3.8) is 0 Å². The molecule has 0 atom stereocenters. The molecule has 0 bridgehead atoms. The number of carbonyl (C=O) groups is 1. The third-order valence-corrected chi connectivity index (χ3v) is 2.62. The average molecular weight is 260 g/mol. The molecule has 19 heavy (non-hydrogen) atoms. The molecule has 0 fully saturated rings. The SMILES string of the molecule is Cc1cccc(F)c1NC(=O)c1cc(NN)ccn1. The molecule has 6 heteroatoms.